The van der Waals surface area contributed by atoms with Gasteiger partial charge in [-0.25, -0.2) is 4.98 Å². The molecule has 1 aromatic heterocycles. The molecule has 1 saturated carbocycles. The number of amides is 2. The van der Waals surface area contributed by atoms with Crippen molar-refractivity contribution in [3.05, 3.63) is 28.8 Å². The number of rotatable bonds is 10. The third-order valence-corrected chi connectivity index (χ3v) is 6.25. The van der Waals surface area contributed by atoms with Crippen LogP contribution in [-0.4, -0.2) is 59.7 Å². The second-order valence-electron chi connectivity index (χ2n) is 7.79. The summed E-state index contributed by atoms with van der Waals surface area (Å²) in [4.78, 5) is 42.6. The SMILES string of the molecule is COc1cc2ncn(CC(=O)NC(CCSC)C(=O)NC3CCCC3)c(=O)c2cc1OC. The number of nitrogens with zero attached hydrogens (tertiary/aromatic N) is 2. The number of carbonyl (C=O) groups is 2. The maximum absolute atomic E-state index is 12.9. The molecule has 10 heteroatoms. The van der Waals surface area contributed by atoms with Gasteiger partial charge < -0.3 is 20.1 Å². The van der Waals surface area contributed by atoms with Gasteiger partial charge in [-0.2, -0.15) is 11.8 Å². The number of hydrogen-bond acceptors (Lipinski definition) is 7. The molecule has 1 atom stereocenters. The smallest absolute Gasteiger partial charge is 0.261 e. The first-order valence-electron chi connectivity index (χ1n) is 10.7. The largest absolute Gasteiger partial charge is 0.493 e. The Morgan fingerprint density at radius 3 is 2.56 bits per heavy atom. The fourth-order valence-electron chi connectivity index (χ4n) is 3.87. The topological polar surface area (TPSA) is 112 Å². The van der Waals surface area contributed by atoms with Gasteiger partial charge in [-0.3, -0.25) is 19.0 Å². The zero-order chi connectivity index (χ0) is 23.1. The molecule has 9 nitrogen and oxygen atoms in total. The van der Waals surface area contributed by atoms with Crippen molar-refractivity contribution in [3.63, 3.8) is 0 Å². The van der Waals surface area contributed by atoms with E-state index in [1.165, 1.54) is 25.1 Å². The van der Waals surface area contributed by atoms with Gasteiger partial charge in [-0.1, -0.05) is 12.8 Å². The number of thioether (sulfide) groups is 1. The van der Waals surface area contributed by atoms with Gasteiger partial charge in [-0.05, 0) is 37.3 Å². The Hall–Kier alpha value is -2.75. The van der Waals surface area contributed by atoms with E-state index >= 15 is 0 Å². The van der Waals surface area contributed by atoms with E-state index in [0.717, 1.165) is 31.4 Å². The van der Waals surface area contributed by atoms with Crippen molar-refractivity contribution in [2.45, 2.75) is 50.7 Å². The van der Waals surface area contributed by atoms with Gasteiger partial charge in [-0.15, -0.1) is 0 Å². The number of hydrogen-bond donors (Lipinski definition) is 2. The molecule has 0 aliphatic heterocycles. The van der Waals surface area contributed by atoms with Crippen LogP contribution in [0.15, 0.2) is 23.3 Å². The Labute approximate surface area is 191 Å². The van der Waals surface area contributed by atoms with Crippen molar-refractivity contribution in [2.75, 3.05) is 26.2 Å². The minimum Gasteiger partial charge on any atom is -0.493 e. The maximum atomic E-state index is 12.9. The molecule has 0 bridgehead atoms. The summed E-state index contributed by atoms with van der Waals surface area (Å²) < 4.78 is 11.7. The Bertz CT molecular complexity index is 1020. The lowest BCUT2D eigenvalue weighted by atomic mass is 10.1. The molecule has 1 fully saturated rings. The lowest BCUT2D eigenvalue weighted by Crippen LogP contribution is -2.50. The Balaban J connectivity index is 1.74. The highest BCUT2D eigenvalue weighted by Gasteiger charge is 2.25. The van der Waals surface area contributed by atoms with E-state index in [-0.39, 0.29) is 24.1 Å². The van der Waals surface area contributed by atoms with Crippen molar-refractivity contribution in [1.82, 2.24) is 20.2 Å². The normalized spacial score (nSPS) is 14.8. The fourth-order valence-corrected chi connectivity index (χ4v) is 4.34. The molecule has 2 aromatic rings. The first kappa shape index (κ1) is 23.9. The van der Waals surface area contributed by atoms with Crippen molar-refractivity contribution >= 4 is 34.5 Å². The molecule has 2 N–H and O–H groups in total. The van der Waals surface area contributed by atoms with Crippen LogP contribution < -0.4 is 25.7 Å². The molecular formula is C22H30N4O5S. The molecule has 0 radical (unpaired) electrons. The number of fused-ring (bicyclic) bond motifs is 1. The summed E-state index contributed by atoms with van der Waals surface area (Å²) in [5.41, 5.74) is 0.0697. The highest BCUT2D eigenvalue weighted by molar-refractivity contribution is 7.98. The van der Waals surface area contributed by atoms with Gasteiger partial charge in [0, 0.05) is 12.1 Å². The Kier molecular flexibility index (Phi) is 8.38. The molecule has 1 aliphatic rings. The van der Waals surface area contributed by atoms with Gasteiger partial charge >= 0.3 is 0 Å². The van der Waals surface area contributed by atoms with Crippen LogP contribution in [0.3, 0.4) is 0 Å². The highest BCUT2D eigenvalue weighted by Crippen LogP contribution is 2.29. The molecule has 0 spiro atoms. The fraction of sp³-hybridized carbons (Fsp3) is 0.545. The van der Waals surface area contributed by atoms with E-state index < -0.39 is 11.9 Å². The van der Waals surface area contributed by atoms with Crippen LogP contribution in [0.5, 0.6) is 11.5 Å². The molecular weight excluding hydrogens is 432 g/mol. The number of methoxy groups -OCH3 is 2. The minimum absolute atomic E-state index is 0.167. The number of carbonyl (C=O) groups excluding carboxylic acids is 2. The highest BCUT2D eigenvalue weighted by atomic mass is 32.2. The quantitative estimate of drug-likeness (QED) is 0.553. The summed E-state index contributed by atoms with van der Waals surface area (Å²) in [5.74, 6) is 1.03. The molecule has 0 saturated heterocycles. The lowest BCUT2D eigenvalue weighted by Gasteiger charge is -2.21. The van der Waals surface area contributed by atoms with Crippen molar-refractivity contribution < 1.29 is 19.1 Å². The average molecular weight is 463 g/mol. The Morgan fingerprint density at radius 2 is 1.91 bits per heavy atom. The van der Waals surface area contributed by atoms with E-state index in [2.05, 4.69) is 15.6 Å². The zero-order valence-electron chi connectivity index (χ0n) is 18.7. The predicted octanol–water partition coefficient (Wildman–Crippen LogP) is 1.71. The lowest BCUT2D eigenvalue weighted by molar-refractivity contribution is -0.129. The second kappa shape index (κ2) is 11.2. The van der Waals surface area contributed by atoms with Gasteiger partial charge in [0.05, 0.1) is 31.4 Å². The van der Waals surface area contributed by atoms with E-state index in [0.29, 0.717) is 28.8 Å². The van der Waals surface area contributed by atoms with Crippen LogP contribution >= 0.6 is 11.8 Å². The average Bonchev–Trinajstić information content (AvgIpc) is 3.30. The summed E-state index contributed by atoms with van der Waals surface area (Å²) in [6.07, 6.45) is 7.97. The summed E-state index contributed by atoms with van der Waals surface area (Å²) in [6, 6.07) is 2.71. The second-order valence-corrected chi connectivity index (χ2v) is 8.78. The third kappa shape index (κ3) is 5.73. The molecule has 2 amide bonds. The molecule has 1 aromatic carbocycles. The first-order chi connectivity index (χ1) is 15.5. The summed E-state index contributed by atoms with van der Waals surface area (Å²) in [7, 11) is 2.99. The molecule has 32 heavy (non-hydrogen) atoms. The van der Waals surface area contributed by atoms with Crippen molar-refractivity contribution in [2.24, 2.45) is 0 Å². The number of nitrogens with one attached hydrogen (secondary N) is 2. The van der Waals surface area contributed by atoms with Crippen LogP contribution in [0.4, 0.5) is 0 Å². The third-order valence-electron chi connectivity index (χ3n) is 5.61. The molecule has 1 aliphatic carbocycles. The van der Waals surface area contributed by atoms with E-state index in [4.69, 9.17) is 9.47 Å². The molecule has 174 valence electrons. The monoisotopic (exact) mass is 462 g/mol. The standard InChI is InChI=1S/C22H30N4O5S/c1-30-18-10-15-17(11-19(18)31-2)23-13-26(22(15)29)12-20(27)25-16(8-9-32-3)21(28)24-14-6-4-5-7-14/h10-11,13-14,16H,4-9,12H2,1-3H3,(H,24,28)(H,25,27). The van der Waals surface area contributed by atoms with Gasteiger partial charge in [0.25, 0.3) is 5.56 Å². The molecule has 1 heterocycles. The number of aromatic nitrogens is 2. The maximum Gasteiger partial charge on any atom is 0.261 e. The molecule has 1 unspecified atom stereocenters. The van der Waals surface area contributed by atoms with Crippen molar-refractivity contribution in [3.8, 4) is 11.5 Å². The van der Waals surface area contributed by atoms with Crippen molar-refractivity contribution in [1.29, 1.82) is 0 Å². The minimum atomic E-state index is -0.635. The summed E-state index contributed by atoms with van der Waals surface area (Å²) in [5, 5.41) is 6.16. The van der Waals surface area contributed by atoms with Crippen LogP contribution in [0.25, 0.3) is 10.9 Å². The number of ether oxygens (including phenoxy) is 2. The van der Waals surface area contributed by atoms with Crippen LogP contribution in [0.2, 0.25) is 0 Å². The van der Waals surface area contributed by atoms with Crippen LogP contribution in [0, 0.1) is 0 Å². The van der Waals surface area contributed by atoms with Gasteiger partial charge in [0.15, 0.2) is 11.5 Å². The van der Waals surface area contributed by atoms with Gasteiger partial charge in [0.2, 0.25) is 11.8 Å². The van der Waals surface area contributed by atoms with E-state index in [1.807, 2.05) is 6.26 Å². The number of benzene rings is 1. The summed E-state index contributed by atoms with van der Waals surface area (Å²) in [6.45, 7) is -0.234. The molecule has 3 rings (SSSR count). The first-order valence-corrected chi connectivity index (χ1v) is 12.1. The van der Waals surface area contributed by atoms with E-state index in [9.17, 15) is 14.4 Å². The summed E-state index contributed by atoms with van der Waals surface area (Å²) >= 11 is 1.61. The van der Waals surface area contributed by atoms with E-state index in [1.54, 1.807) is 23.9 Å². The van der Waals surface area contributed by atoms with Crippen LogP contribution in [-0.2, 0) is 16.1 Å². The zero-order valence-corrected chi connectivity index (χ0v) is 19.5. The Morgan fingerprint density at radius 1 is 1.22 bits per heavy atom. The van der Waals surface area contributed by atoms with Gasteiger partial charge in [0.1, 0.15) is 12.6 Å². The van der Waals surface area contributed by atoms with Crippen LogP contribution in [0.1, 0.15) is 32.1 Å². The predicted molar refractivity (Wildman–Crippen MR) is 124 cm³/mol.